The summed E-state index contributed by atoms with van der Waals surface area (Å²) in [4.78, 5) is 38.3. The molecule has 27 heavy (non-hydrogen) atoms. The Bertz CT molecular complexity index is 961. The second-order valence-corrected chi connectivity index (χ2v) is 7.67. The molecule has 2 aliphatic heterocycles. The highest BCUT2D eigenvalue weighted by molar-refractivity contribution is 7.86. The fourth-order valence-corrected chi connectivity index (χ4v) is 4.19. The number of hydrogen-bond donors (Lipinski definition) is 2. The largest absolute Gasteiger partial charge is 0.322 e. The van der Waals surface area contributed by atoms with Gasteiger partial charge in [-0.3, -0.25) is 19.7 Å². The first kappa shape index (κ1) is 17.4. The van der Waals surface area contributed by atoms with Crippen LogP contribution in [0.4, 0.5) is 5.69 Å². The van der Waals surface area contributed by atoms with Crippen LogP contribution in [0.25, 0.3) is 0 Å². The summed E-state index contributed by atoms with van der Waals surface area (Å²) < 4.78 is 15.3. The molecule has 8 heteroatoms. The van der Waals surface area contributed by atoms with Gasteiger partial charge < -0.3 is 9.62 Å². The molecule has 4 rings (SSSR count). The molecular weight excluding hydrogens is 366 g/mol. The second-order valence-electron chi connectivity index (χ2n) is 6.46. The van der Waals surface area contributed by atoms with Gasteiger partial charge in [0.25, 0.3) is 5.91 Å². The summed E-state index contributed by atoms with van der Waals surface area (Å²) in [6.45, 7) is 0.322. The van der Waals surface area contributed by atoms with Gasteiger partial charge >= 0.3 is 0 Å². The van der Waals surface area contributed by atoms with Crippen LogP contribution in [0.5, 0.6) is 0 Å². The minimum Gasteiger partial charge on any atom is -0.322 e. The summed E-state index contributed by atoms with van der Waals surface area (Å²) in [5.41, 5.74) is 1.85. The molecular formula is C19H17N3O4S. The molecule has 1 saturated heterocycles. The van der Waals surface area contributed by atoms with Crippen LogP contribution < -0.4 is 10.0 Å². The Labute approximate surface area is 158 Å². The number of rotatable bonds is 4. The molecule has 2 heterocycles. The summed E-state index contributed by atoms with van der Waals surface area (Å²) in [7, 11) is -1.44. The maximum atomic E-state index is 12.8. The lowest BCUT2D eigenvalue weighted by Gasteiger charge is -2.29. The van der Waals surface area contributed by atoms with Crippen LogP contribution in [0.1, 0.15) is 28.8 Å². The van der Waals surface area contributed by atoms with E-state index in [4.69, 9.17) is 0 Å². The maximum Gasteiger partial charge on any atom is 0.255 e. The predicted molar refractivity (Wildman–Crippen MR) is 99.0 cm³/mol. The van der Waals surface area contributed by atoms with E-state index >= 15 is 0 Å². The molecule has 0 bridgehead atoms. The molecule has 138 valence electrons. The Morgan fingerprint density at radius 3 is 2.59 bits per heavy atom. The third kappa shape index (κ3) is 3.35. The first-order valence-corrected chi connectivity index (χ1v) is 9.69. The summed E-state index contributed by atoms with van der Waals surface area (Å²) >= 11 is 0. The van der Waals surface area contributed by atoms with Crippen LogP contribution in [0.3, 0.4) is 0 Å². The van der Waals surface area contributed by atoms with Crippen molar-refractivity contribution >= 4 is 34.4 Å². The van der Waals surface area contributed by atoms with E-state index in [9.17, 15) is 18.6 Å². The number of amides is 3. The highest BCUT2D eigenvalue weighted by Gasteiger charge is 2.39. The predicted octanol–water partition coefficient (Wildman–Crippen LogP) is 1.58. The summed E-state index contributed by atoms with van der Waals surface area (Å²) in [6, 6.07) is 13.5. The normalized spacial score (nSPS) is 20.2. The number of nitrogens with one attached hydrogen (secondary N) is 2. The lowest BCUT2D eigenvalue weighted by Crippen LogP contribution is -2.52. The Morgan fingerprint density at radius 2 is 1.85 bits per heavy atom. The molecule has 2 atom stereocenters. The highest BCUT2D eigenvalue weighted by Crippen LogP contribution is 2.29. The van der Waals surface area contributed by atoms with Crippen LogP contribution in [-0.4, -0.2) is 32.9 Å². The number of piperidine rings is 1. The minimum absolute atomic E-state index is 0.222. The topological polar surface area (TPSA) is 95.6 Å². The average molecular weight is 383 g/mol. The number of hydrogen-bond acceptors (Lipinski definition) is 4. The fraction of sp³-hybridized carbons (Fsp3) is 0.211. The van der Waals surface area contributed by atoms with E-state index in [-0.39, 0.29) is 18.2 Å². The van der Waals surface area contributed by atoms with E-state index in [1.54, 1.807) is 42.5 Å². The van der Waals surface area contributed by atoms with E-state index in [0.29, 0.717) is 29.1 Å². The Balaban J connectivity index is 1.52. The molecule has 0 aromatic heterocycles. The van der Waals surface area contributed by atoms with Gasteiger partial charge in [0.05, 0.1) is 4.90 Å². The molecule has 2 aromatic carbocycles. The molecule has 7 nitrogen and oxygen atoms in total. The molecule has 2 aromatic rings. The fourth-order valence-electron chi connectivity index (χ4n) is 3.33. The second kappa shape index (κ2) is 6.96. The lowest BCUT2D eigenvalue weighted by molar-refractivity contribution is -0.136. The van der Waals surface area contributed by atoms with Crippen molar-refractivity contribution in [2.75, 3.05) is 4.72 Å². The number of benzene rings is 2. The van der Waals surface area contributed by atoms with E-state index in [1.165, 1.54) is 4.90 Å². The van der Waals surface area contributed by atoms with Gasteiger partial charge in [-0.2, -0.15) is 0 Å². The molecule has 0 spiro atoms. The molecule has 2 aliphatic rings. The quantitative estimate of drug-likeness (QED) is 0.784. The van der Waals surface area contributed by atoms with Gasteiger partial charge in [0.1, 0.15) is 17.0 Å². The van der Waals surface area contributed by atoms with Gasteiger partial charge in [-0.1, -0.05) is 24.3 Å². The van der Waals surface area contributed by atoms with Crippen molar-refractivity contribution in [3.8, 4) is 0 Å². The molecule has 1 fully saturated rings. The van der Waals surface area contributed by atoms with Crippen molar-refractivity contribution in [1.82, 2.24) is 10.2 Å². The standard InChI is InChI=1S/C19H17N3O4S/c23-17-9-8-16(18(24)20-17)22-11-12-6-7-13(10-15(12)19(22)25)21-27(26)14-4-2-1-3-5-14/h1-7,10,16,21H,8-9,11H2,(H,20,23,24). The van der Waals surface area contributed by atoms with Gasteiger partial charge in [-0.15, -0.1) is 0 Å². The van der Waals surface area contributed by atoms with E-state index in [0.717, 1.165) is 5.56 Å². The monoisotopic (exact) mass is 383 g/mol. The van der Waals surface area contributed by atoms with Gasteiger partial charge in [0, 0.05) is 24.2 Å². The molecule has 0 radical (unpaired) electrons. The lowest BCUT2D eigenvalue weighted by atomic mass is 10.0. The van der Waals surface area contributed by atoms with Gasteiger partial charge in [-0.05, 0) is 36.2 Å². The van der Waals surface area contributed by atoms with Crippen LogP contribution >= 0.6 is 0 Å². The average Bonchev–Trinajstić information content (AvgIpc) is 2.99. The van der Waals surface area contributed by atoms with Gasteiger partial charge in [0.15, 0.2) is 0 Å². The number of carbonyl (C=O) groups excluding carboxylic acids is 3. The highest BCUT2D eigenvalue weighted by atomic mass is 32.2. The van der Waals surface area contributed by atoms with E-state index in [2.05, 4.69) is 10.0 Å². The van der Waals surface area contributed by atoms with Gasteiger partial charge in [0.2, 0.25) is 11.8 Å². The van der Waals surface area contributed by atoms with Crippen molar-refractivity contribution < 1.29 is 18.6 Å². The molecule has 2 N–H and O–H groups in total. The number of imide groups is 1. The van der Waals surface area contributed by atoms with Gasteiger partial charge in [-0.25, -0.2) is 4.21 Å². The van der Waals surface area contributed by atoms with E-state index in [1.807, 2.05) is 6.07 Å². The van der Waals surface area contributed by atoms with Crippen molar-refractivity contribution in [3.63, 3.8) is 0 Å². The molecule has 0 aliphatic carbocycles. The third-order valence-electron chi connectivity index (χ3n) is 4.70. The van der Waals surface area contributed by atoms with Crippen LogP contribution in [0.15, 0.2) is 53.4 Å². The molecule has 2 unspecified atom stereocenters. The number of anilines is 1. The summed E-state index contributed by atoms with van der Waals surface area (Å²) in [6.07, 6.45) is 0.549. The molecule has 0 saturated carbocycles. The van der Waals surface area contributed by atoms with Crippen molar-refractivity contribution in [1.29, 1.82) is 0 Å². The maximum absolute atomic E-state index is 12.8. The zero-order valence-electron chi connectivity index (χ0n) is 14.3. The van der Waals surface area contributed by atoms with Crippen LogP contribution in [0, 0.1) is 0 Å². The van der Waals surface area contributed by atoms with E-state index < -0.39 is 22.9 Å². The molecule has 3 amide bonds. The van der Waals surface area contributed by atoms with Crippen LogP contribution in [0.2, 0.25) is 0 Å². The minimum atomic E-state index is -1.44. The zero-order chi connectivity index (χ0) is 19.0. The third-order valence-corrected chi connectivity index (χ3v) is 5.82. The Morgan fingerprint density at radius 1 is 1.07 bits per heavy atom. The van der Waals surface area contributed by atoms with Crippen molar-refractivity contribution in [2.45, 2.75) is 30.3 Å². The smallest absolute Gasteiger partial charge is 0.255 e. The Hall–Kier alpha value is -3.00. The number of fused-ring (bicyclic) bond motifs is 1. The zero-order valence-corrected chi connectivity index (χ0v) is 15.1. The SMILES string of the molecule is O=C1CCC(N2Cc3ccc(NS(=O)c4ccccc4)cc3C2=O)C(=O)N1. The van der Waals surface area contributed by atoms with Crippen molar-refractivity contribution in [2.24, 2.45) is 0 Å². The summed E-state index contributed by atoms with van der Waals surface area (Å²) in [5, 5.41) is 2.28. The first-order chi connectivity index (χ1) is 13.0. The first-order valence-electron chi connectivity index (χ1n) is 8.54. The number of nitrogens with zero attached hydrogens (tertiary/aromatic N) is 1. The van der Waals surface area contributed by atoms with Crippen LogP contribution in [-0.2, 0) is 27.1 Å². The number of carbonyl (C=O) groups is 3. The van der Waals surface area contributed by atoms with Crippen molar-refractivity contribution in [3.05, 3.63) is 59.7 Å². The Kier molecular flexibility index (Phi) is 4.49. The summed E-state index contributed by atoms with van der Waals surface area (Å²) in [5.74, 6) is -1.00.